The SMILES string of the molecule is CCNC(=NCC(=O)NCc1ccco1)N(C)Cc1cn(C)nc1C(C)C.I. The first-order chi connectivity index (χ1) is 12.9. The van der Waals surface area contributed by atoms with Gasteiger partial charge in [-0.2, -0.15) is 5.10 Å². The Hall–Kier alpha value is -2.04. The van der Waals surface area contributed by atoms with Crippen LogP contribution in [0.25, 0.3) is 0 Å². The van der Waals surface area contributed by atoms with Crippen LogP contribution in [0.5, 0.6) is 0 Å². The fourth-order valence-electron chi connectivity index (χ4n) is 2.76. The van der Waals surface area contributed by atoms with Crippen LogP contribution in [0.2, 0.25) is 0 Å². The van der Waals surface area contributed by atoms with Gasteiger partial charge in [0.05, 0.1) is 18.5 Å². The number of amides is 1. The fourth-order valence-corrected chi connectivity index (χ4v) is 2.76. The van der Waals surface area contributed by atoms with Crippen molar-refractivity contribution in [3.05, 3.63) is 41.6 Å². The number of hydrogen-bond acceptors (Lipinski definition) is 4. The Morgan fingerprint density at radius 3 is 2.75 bits per heavy atom. The lowest BCUT2D eigenvalue weighted by Gasteiger charge is -2.22. The first-order valence-corrected chi connectivity index (χ1v) is 9.21. The highest BCUT2D eigenvalue weighted by atomic mass is 127. The van der Waals surface area contributed by atoms with Crippen LogP contribution in [0.1, 0.15) is 43.7 Å². The van der Waals surface area contributed by atoms with Crippen molar-refractivity contribution in [3.8, 4) is 0 Å². The van der Waals surface area contributed by atoms with E-state index in [4.69, 9.17) is 4.42 Å². The molecule has 2 heterocycles. The Kier molecular flexibility index (Phi) is 10.0. The number of halogens is 1. The molecule has 2 rings (SSSR count). The number of aromatic nitrogens is 2. The maximum atomic E-state index is 12.1. The van der Waals surface area contributed by atoms with E-state index in [-0.39, 0.29) is 36.4 Å². The molecule has 0 bridgehead atoms. The topological polar surface area (TPSA) is 87.7 Å². The molecule has 2 aromatic heterocycles. The molecule has 28 heavy (non-hydrogen) atoms. The monoisotopic (exact) mass is 502 g/mol. The van der Waals surface area contributed by atoms with Crippen molar-refractivity contribution in [3.63, 3.8) is 0 Å². The third-order valence-electron chi connectivity index (χ3n) is 4.00. The van der Waals surface area contributed by atoms with E-state index in [0.29, 0.717) is 30.7 Å². The molecular weight excluding hydrogens is 471 g/mol. The molecule has 0 aromatic carbocycles. The molecule has 0 saturated heterocycles. The van der Waals surface area contributed by atoms with Gasteiger partial charge in [-0.05, 0) is 25.0 Å². The minimum atomic E-state index is -0.153. The van der Waals surface area contributed by atoms with E-state index in [2.05, 4.69) is 34.6 Å². The van der Waals surface area contributed by atoms with Gasteiger partial charge in [-0.1, -0.05) is 13.8 Å². The summed E-state index contributed by atoms with van der Waals surface area (Å²) in [5.74, 6) is 1.60. The molecule has 0 aliphatic carbocycles. The first kappa shape index (κ1) is 24.0. The summed E-state index contributed by atoms with van der Waals surface area (Å²) in [4.78, 5) is 18.5. The second-order valence-corrected chi connectivity index (χ2v) is 6.75. The number of guanidine groups is 1. The average molecular weight is 502 g/mol. The van der Waals surface area contributed by atoms with Crippen molar-refractivity contribution < 1.29 is 9.21 Å². The molecule has 156 valence electrons. The average Bonchev–Trinajstić information content (AvgIpc) is 3.26. The summed E-state index contributed by atoms with van der Waals surface area (Å²) in [5, 5.41) is 10.6. The molecule has 1 amide bonds. The molecule has 0 radical (unpaired) electrons. The van der Waals surface area contributed by atoms with Crippen LogP contribution in [-0.2, 0) is 24.9 Å². The molecule has 0 spiro atoms. The van der Waals surface area contributed by atoms with Gasteiger partial charge in [0.25, 0.3) is 0 Å². The number of rotatable bonds is 8. The molecule has 2 aromatic rings. The number of aryl methyl sites for hydroxylation is 1. The van der Waals surface area contributed by atoms with Gasteiger partial charge in [0.1, 0.15) is 12.3 Å². The minimum Gasteiger partial charge on any atom is -0.467 e. The van der Waals surface area contributed by atoms with Crippen LogP contribution in [0.4, 0.5) is 0 Å². The number of furan rings is 1. The number of carbonyl (C=O) groups excluding carboxylic acids is 1. The zero-order valence-electron chi connectivity index (χ0n) is 17.2. The van der Waals surface area contributed by atoms with Gasteiger partial charge in [-0.15, -0.1) is 24.0 Å². The third kappa shape index (κ3) is 7.17. The van der Waals surface area contributed by atoms with Gasteiger partial charge in [0, 0.05) is 38.9 Å². The van der Waals surface area contributed by atoms with Crippen LogP contribution in [0.15, 0.2) is 34.0 Å². The van der Waals surface area contributed by atoms with E-state index in [1.54, 1.807) is 12.3 Å². The molecule has 0 aliphatic rings. The van der Waals surface area contributed by atoms with Crippen LogP contribution in [0.3, 0.4) is 0 Å². The maximum absolute atomic E-state index is 12.1. The zero-order valence-corrected chi connectivity index (χ0v) is 19.6. The lowest BCUT2D eigenvalue weighted by molar-refractivity contribution is -0.119. The second-order valence-electron chi connectivity index (χ2n) is 6.75. The highest BCUT2D eigenvalue weighted by Gasteiger charge is 2.15. The zero-order chi connectivity index (χ0) is 19.8. The Bertz CT molecular complexity index is 755. The molecular formula is C19H31IN6O2. The van der Waals surface area contributed by atoms with Gasteiger partial charge >= 0.3 is 0 Å². The molecule has 2 N–H and O–H groups in total. The smallest absolute Gasteiger partial charge is 0.242 e. The number of nitrogens with zero attached hydrogens (tertiary/aromatic N) is 4. The van der Waals surface area contributed by atoms with Crippen molar-refractivity contribution >= 4 is 35.8 Å². The Morgan fingerprint density at radius 2 is 2.14 bits per heavy atom. The van der Waals surface area contributed by atoms with Crippen LogP contribution >= 0.6 is 24.0 Å². The Labute approximate surface area is 183 Å². The normalized spacial score (nSPS) is 11.3. The van der Waals surface area contributed by atoms with Gasteiger partial charge in [0.15, 0.2) is 5.96 Å². The second kappa shape index (κ2) is 11.7. The molecule has 0 fully saturated rings. The lowest BCUT2D eigenvalue weighted by Crippen LogP contribution is -2.39. The van der Waals surface area contributed by atoms with Crippen LogP contribution in [-0.4, -0.2) is 46.7 Å². The van der Waals surface area contributed by atoms with Gasteiger partial charge in [0.2, 0.25) is 5.91 Å². The van der Waals surface area contributed by atoms with E-state index >= 15 is 0 Å². The molecule has 9 heteroatoms. The lowest BCUT2D eigenvalue weighted by atomic mass is 10.1. The number of aliphatic imine (C=N–C) groups is 1. The Morgan fingerprint density at radius 1 is 1.39 bits per heavy atom. The third-order valence-corrected chi connectivity index (χ3v) is 4.00. The summed E-state index contributed by atoms with van der Waals surface area (Å²) in [5.41, 5.74) is 2.24. The molecule has 0 atom stereocenters. The summed E-state index contributed by atoms with van der Waals surface area (Å²) < 4.78 is 7.04. The van der Waals surface area contributed by atoms with Crippen LogP contribution in [0, 0.1) is 0 Å². The highest BCUT2D eigenvalue weighted by molar-refractivity contribution is 14.0. The largest absolute Gasteiger partial charge is 0.467 e. The highest BCUT2D eigenvalue weighted by Crippen LogP contribution is 2.18. The summed E-state index contributed by atoms with van der Waals surface area (Å²) >= 11 is 0. The predicted molar refractivity (Wildman–Crippen MR) is 121 cm³/mol. The van der Waals surface area contributed by atoms with Gasteiger partial charge in [-0.25, -0.2) is 4.99 Å². The van der Waals surface area contributed by atoms with Gasteiger partial charge in [-0.3, -0.25) is 9.48 Å². The van der Waals surface area contributed by atoms with Crippen molar-refractivity contribution in [1.82, 2.24) is 25.3 Å². The minimum absolute atomic E-state index is 0. The van der Waals surface area contributed by atoms with E-state index in [1.807, 2.05) is 42.9 Å². The summed E-state index contributed by atoms with van der Waals surface area (Å²) in [6.45, 7) is 8.08. The number of nitrogens with one attached hydrogen (secondary N) is 2. The van der Waals surface area contributed by atoms with Crippen molar-refractivity contribution in [2.75, 3.05) is 20.1 Å². The molecule has 0 unspecified atom stereocenters. The fraction of sp³-hybridized carbons (Fsp3) is 0.526. The summed E-state index contributed by atoms with van der Waals surface area (Å²) in [6, 6.07) is 3.61. The van der Waals surface area contributed by atoms with E-state index in [1.165, 1.54) is 0 Å². The quantitative estimate of drug-likeness (QED) is 0.329. The summed E-state index contributed by atoms with van der Waals surface area (Å²) in [7, 11) is 3.89. The van der Waals surface area contributed by atoms with E-state index in [9.17, 15) is 4.79 Å². The first-order valence-electron chi connectivity index (χ1n) is 9.21. The van der Waals surface area contributed by atoms with Gasteiger partial charge < -0.3 is 20.0 Å². The predicted octanol–water partition coefficient (Wildman–Crippen LogP) is 2.47. The maximum Gasteiger partial charge on any atom is 0.242 e. The molecule has 0 saturated carbocycles. The number of carbonyl (C=O) groups is 1. The van der Waals surface area contributed by atoms with E-state index in [0.717, 1.165) is 17.8 Å². The van der Waals surface area contributed by atoms with Crippen LogP contribution < -0.4 is 10.6 Å². The molecule has 0 aliphatic heterocycles. The summed E-state index contributed by atoms with van der Waals surface area (Å²) in [6.07, 6.45) is 3.62. The van der Waals surface area contributed by atoms with Crippen molar-refractivity contribution in [2.24, 2.45) is 12.0 Å². The number of hydrogen-bond donors (Lipinski definition) is 2. The molecule has 8 nitrogen and oxygen atoms in total. The standard InChI is InChI=1S/C19H30N6O2.HI/c1-6-20-19(22-11-17(26)21-10-16-8-7-9-27-16)24(4)12-15-13-25(5)23-18(15)14(2)3;/h7-9,13-14H,6,10-12H2,1-5H3,(H,20,22)(H,21,26);1H. The van der Waals surface area contributed by atoms with Crippen molar-refractivity contribution in [2.45, 2.75) is 39.8 Å². The van der Waals surface area contributed by atoms with Crippen molar-refractivity contribution in [1.29, 1.82) is 0 Å². The van der Waals surface area contributed by atoms with E-state index < -0.39 is 0 Å². The Balaban J connectivity index is 0.00000392.